The molecule has 0 radical (unpaired) electrons. The van der Waals surface area contributed by atoms with Gasteiger partial charge in [0.2, 0.25) is 0 Å². The number of nitrogens with one attached hydrogen (secondary N) is 1. The summed E-state index contributed by atoms with van der Waals surface area (Å²) in [6.45, 7) is 9.90. The summed E-state index contributed by atoms with van der Waals surface area (Å²) in [5.41, 5.74) is 1.44. The van der Waals surface area contributed by atoms with E-state index in [1.54, 1.807) is 0 Å². The minimum Gasteiger partial charge on any atom is -0.489 e. The summed E-state index contributed by atoms with van der Waals surface area (Å²) in [7, 11) is 0. The molecule has 1 aliphatic carbocycles. The van der Waals surface area contributed by atoms with Crippen LogP contribution in [-0.4, -0.2) is 18.7 Å². The smallest absolute Gasteiger partial charge is 0.123 e. The van der Waals surface area contributed by atoms with Crippen molar-refractivity contribution in [2.45, 2.75) is 52.7 Å². The zero-order valence-electron chi connectivity index (χ0n) is 12.3. The van der Waals surface area contributed by atoms with Crippen LogP contribution < -0.4 is 10.1 Å². The summed E-state index contributed by atoms with van der Waals surface area (Å²) in [5, 5.41) is 3.58. The van der Waals surface area contributed by atoms with E-state index < -0.39 is 0 Å². The molecule has 3 unspecified atom stereocenters. The van der Waals surface area contributed by atoms with Crippen molar-refractivity contribution in [3.63, 3.8) is 0 Å². The van der Waals surface area contributed by atoms with Crippen molar-refractivity contribution in [1.29, 1.82) is 0 Å². The van der Waals surface area contributed by atoms with Crippen molar-refractivity contribution >= 4 is 15.9 Å². The number of rotatable bonds is 5. The summed E-state index contributed by atoms with van der Waals surface area (Å²) in [6, 6.07) is 6.82. The van der Waals surface area contributed by atoms with Crippen LogP contribution in [0.4, 0.5) is 0 Å². The minimum absolute atomic E-state index is 0.241. The van der Waals surface area contributed by atoms with Crippen LogP contribution in [0.2, 0.25) is 0 Å². The SMILES string of the molecule is CCNC1CC(Oc2cc(Br)ccc2C)C1(C)CC. The predicted octanol–water partition coefficient (Wildman–Crippen LogP) is 4.30. The van der Waals surface area contributed by atoms with E-state index in [4.69, 9.17) is 4.74 Å². The van der Waals surface area contributed by atoms with Crippen LogP contribution in [0.15, 0.2) is 22.7 Å². The van der Waals surface area contributed by atoms with Crippen molar-refractivity contribution in [3.8, 4) is 5.75 Å². The molecule has 1 aromatic carbocycles. The Kier molecular flexibility index (Phi) is 4.57. The maximum Gasteiger partial charge on any atom is 0.123 e. The fourth-order valence-corrected chi connectivity index (χ4v) is 3.23. The Bertz CT molecular complexity index is 448. The third kappa shape index (κ3) is 2.82. The lowest BCUT2D eigenvalue weighted by Crippen LogP contribution is -2.63. The topological polar surface area (TPSA) is 21.3 Å². The lowest BCUT2D eigenvalue weighted by molar-refractivity contribution is -0.0700. The van der Waals surface area contributed by atoms with Crippen LogP contribution in [0.3, 0.4) is 0 Å². The number of aryl methyl sites for hydroxylation is 1. The highest BCUT2D eigenvalue weighted by Crippen LogP contribution is 2.46. The fraction of sp³-hybridized carbons (Fsp3) is 0.625. The lowest BCUT2D eigenvalue weighted by Gasteiger charge is -2.53. The molecule has 0 bridgehead atoms. The Labute approximate surface area is 125 Å². The van der Waals surface area contributed by atoms with Crippen molar-refractivity contribution < 1.29 is 4.74 Å². The second-order valence-corrected chi connectivity index (χ2v) is 6.64. The molecule has 0 amide bonds. The molecule has 3 atom stereocenters. The highest BCUT2D eigenvalue weighted by atomic mass is 79.9. The minimum atomic E-state index is 0.241. The standard InChI is InChI=1S/C16H24BrNO/c1-5-16(4)14(18-6-2)10-15(16)19-13-9-12(17)8-7-11(13)3/h7-9,14-15,18H,5-6,10H2,1-4H3. The van der Waals surface area contributed by atoms with E-state index in [1.165, 1.54) is 5.56 Å². The third-order valence-corrected chi connectivity index (χ3v) is 5.11. The molecule has 1 aliphatic rings. The number of hydrogen-bond donors (Lipinski definition) is 1. The number of halogens is 1. The monoisotopic (exact) mass is 325 g/mol. The molecule has 2 nitrogen and oxygen atoms in total. The maximum atomic E-state index is 6.28. The normalized spacial score (nSPS) is 29.9. The van der Waals surface area contributed by atoms with Crippen LogP contribution in [0.25, 0.3) is 0 Å². The number of ether oxygens (including phenoxy) is 1. The van der Waals surface area contributed by atoms with Crippen LogP contribution in [0, 0.1) is 12.3 Å². The van der Waals surface area contributed by atoms with Crippen molar-refractivity contribution in [2.24, 2.45) is 5.41 Å². The van der Waals surface area contributed by atoms with E-state index in [0.29, 0.717) is 12.1 Å². The first kappa shape index (κ1) is 14.9. The van der Waals surface area contributed by atoms with Gasteiger partial charge in [-0.15, -0.1) is 0 Å². The molecule has 3 heteroatoms. The third-order valence-electron chi connectivity index (χ3n) is 4.61. The zero-order chi connectivity index (χ0) is 14.0. The van der Waals surface area contributed by atoms with E-state index in [1.807, 2.05) is 0 Å². The molecule has 1 aromatic rings. The molecule has 1 fully saturated rings. The Morgan fingerprint density at radius 3 is 2.79 bits per heavy atom. The first-order chi connectivity index (χ1) is 9.01. The van der Waals surface area contributed by atoms with Gasteiger partial charge in [0.1, 0.15) is 11.9 Å². The molecule has 0 aliphatic heterocycles. The molecule has 0 spiro atoms. The predicted molar refractivity (Wildman–Crippen MR) is 83.8 cm³/mol. The molecule has 0 saturated heterocycles. The second kappa shape index (κ2) is 5.84. The number of hydrogen-bond acceptors (Lipinski definition) is 2. The van der Waals surface area contributed by atoms with Crippen molar-refractivity contribution in [2.75, 3.05) is 6.54 Å². The van der Waals surface area contributed by atoms with E-state index in [0.717, 1.165) is 29.6 Å². The average molecular weight is 326 g/mol. The van der Waals surface area contributed by atoms with Crippen LogP contribution in [0.5, 0.6) is 5.75 Å². The largest absolute Gasteiger partial charge is 0.489 e. The Morgan fingerprint density at radius 1 is 1.42 bits per heavy atom. The van der Waals surface area contributed by atoms with E-state index >= 15 is 0 Å². The van der Waals surface area contributed by atoms with Gasteiger partial charge in [0.25, 0.3) is 0 Å². The first-order valence-corrected chi connectivity index (χ1v) is 7.96. The van der Waals surface area contributed by atoms with Crippen LogP contribution in [0.1, 0.15) is 39.2 Å². The van der Waals surface area contributed by atoms with Gasteiger partial charge in [-0.2, -0.15) is 0 Å². The van der Waals surface area contributed by atoms with Gasteiger partial charge in [-0.1, -0.05) is 42.8 Å². The second-order valence-electron chi connectivity index (χ2n) is 5.72. The van der Waals surface area contributed by atoms with E-state index in [9.17, 15) is 0 Å². The van der Waals surface area contributed by atoms with Gasteiger partial charge in [-0.3, -0.25) is 0 Å². The van der Waals surface area contributed by atoms with Gasteiger partial charge >= 0.3 is 0 Å². The zero-order valence-corrected chi connectivity index (χ0v) is 13.9. The van der Waals surface area contributed by atoms with Crippen LogP contribution >= 0.6 is 15.9 Å². The number of benzene rings is 1. The first-order valence-electron chi connectivity index (χ1n) is 7.17. The van der Waals surface area contributed by atoms with Crippen molar-refractivity contribution in [1.82, 2.24) is 5.32 Å². The lowest BCUT2D eigenvalue weighted by atomic mass is 9.61. The molecule has 1 saturated carbocycles. The fourth-order valence-electron chi connectivity index (χ4n) is 2.89. The summed E-state index contributed by atoms with van der Waals surface area (Å²) >= 11 is 3.52. The van der Waals surface area contributed by atoms with Gasteiger partial charge in [0.05, 0.1) is 0 Å². The van der Waals surface area contributed by atoms with Crippen LogP contribution in [-0.2, 0) is 0 Å². The van der Waals surface area contributed by atoms with Gasteiger partial charge in [-0.25, -0.2) is 0 Å². The Hall–Kier alpha value is -0.540. The molecular weight excluding hydrogens is 302 g/mol. The Morgan fingerprint density at radius 2 is 2.16 bits per heavy atom. The summed E-state index contributed by atoms with van der Waals surface area (Å²) in [5.74, 6) is 1.01. The summed E-state index contributed by atoms with van der Waals surface area (Å²) in [4.78, 5) is 0. The highest BCUT2D eigenvalue weighted by molar-refractivity contribution is 9.10. The van der Waals surface area contributed by atoms with Gasteiger partial charge in [0.15, 0.2) is 0 Å². The highest BCUT2D eigenvalue weighted by Gasteiger charge is 2.51. The van der Waals surface area contributed by atoms with Crippen molar-refractivity contribution in [3.05, 3.63) is 28.2 Å². The quantitative estimate of drug-likeness (QED) is 0.871. The van der Waals surface area contributed by atoms with E-state index in [-0.39, 0.29) is 5.41 Å². The molecule has 0 heterocycles. The summed E-state index contributed by atoms with van der Waals surface area (Å²) in [6.07, 6.45) is 2.56. The van der Waals surface area contributed by atoms with Gasteiger partial charge in [-0.05, 0) is 37.6 Å². The molecule has 1 N–H and O–H groups in total. The van der Waals surface area contributed by atoms with Gasteiger partial charge < -0.3 is 10.1 Å². The molecular formula is C16H24BrNO. The summed E-state index contributed by atoms with van der Waals surface area (Å²) < 4.78 is 7.35. The average Bonchev–Trinajstić information content (AvgIpc) is 2.40. The Balaban J connectivity index is 2.10. The van der Waals surface area contributed by atoms with Gasteiger partial charge in [0, 0.05) is 22.4 Å². The molecule has 0 aromatic heterocycles. The molecule has 106 valence electrons. The molecule has 19 heavy (non-hydrogen) atoms. The molecule has 2 rings (SSSR count). The maximum absolute atomic E-state index is 6.28. The van der Waals surface area contributed by atoms with E-state index in [2.05, 4.69) is 67.1 Å².